The van der Waals surface area contributed by atoms with Crippen molar-refractivity contribution in [2.75, 3.05) is 11.5 Å². The summed E-state index contributed by atoms with van der Waals surface area (Å²) in [6.45, 7) is 4.87. The average molecular weight is 546 g/mol. The second-order valence-electron chi connectivity index (χ2n) is 9.04. The van der Waals surface area contributed by atoms with Gasteiger partial charge >= 0.3 is 0 Å². The number of amides is 1. The Bertz CT molecular complexity index is 1480. The molecule has 0 saturated heterocycles. The highest BCUT2D eigenvalue weighted by Crippen LogP contribution is 2.42. The van der Waals surface area contributed by atoms with E-state index in [1.807, 2.05) is 48.5 Å². The number of unbranched alkanes of at least 4 members (excludes halogenated alkanes) is 2. The highest BCUT2D eigenvalue weighted by Gasteiger charge is 2.43. The van der Waals surface area contributed by atoms with Crippen LogP contribution in [-0.2, 0) is 6.42 Å². The van der Waals surface area contributed by atoms with Crippen LogP contribution in [0.4, 0.5) is 5.69 Å². The third kappa shape index (κ3) is 4.46. The smallest absolute Gasteiger partial charge is 0.295 e. The lowest BCUT2D eigenvalue weighted by Crippen LogP contribution is -2.29. The minimum Gasteiger partial charge on any atom is -0.494 e. The molecule has 0 N–H and O–H groups in total. The second-order valence-corrected chi connectivity index (χ2v) is 9.96. The molecule has 3 aromatic carbocycles. The number of halogens is 1. The zero-order valence-corrected chi connectivity index (χ0v) is 22.0. The van der Waals surface area contributed by atoms with Crippen molar-refractivity contribution < 1.29 is 13.9 Å². The fourth-order valence-corrected chi connectivity index (χ4v) is 5.10. The molecule has 1 amide bonds. The van der Waals surface area contributed by atoms with Gasteiger partial charge in [0.1, 0.15) is 11.3 Å². The molecule has 0 spiro atoms. The number of carbonyl (C=O) groups is 1. The Morgan fingerprint density at radius 3 is 2.53 bits per heavy atom. The van der Waals surface area contributed by atoms with Crippen molar-refractivity contribution in [1.82, 2.24) is 0 Å². The normalized spacial score (nSPS) is 14.9. The van der Waals surface area contributed by atoms with Crippen molar-refractivity contribution in [3.05, 3.63) is 104 Å². The first kappa shape index (κ1) is 24.3. The number of ether oxygens (including phenoxy) is 1. The van der Waals surface area contributed by atoms with E-state index in [1.165, 1.54) is 5.56 Å². The summed E-state index contributed by atoms with van der Waals surface area (Å²) in [5.41, 5.74) is 3.24. The molecule has 1 aliphatic rings. The van der Waals surface area contributed by atoms with E-state index in [0.717, 1.165) is 41.5 Å². The molecule has 0 bridgehead atoms. The molecular formula is C30H28BrNO4. The van der Waals surface area contributed by atoms with Crippen LogP contribution < -0.4 is 15.1 Å². The molecule has 4 aromatic rings. The monoisotopic (exact) mass is 545 g/mol. The fraction of sp³-hybridized carbons (Fsp3) is 0.267. The van der Waals surface area contributed by atoms with Crippen LogP contribution in [0.15, 0.2) is 80.4 Å². The van der Waals surface area contributed by atoms with Gasteiger partial charge in [-0.1, -0.05) is 66.9 Å². The van der Waals surface area contributed by atoms with Crippen LogP contribution in [0.3, 0.4) is 0 Å². The zero-order valence-electron chi connectivity index (χ0n) is 20.4. The Morgan fingerprint density at radius 2 is 1.78 bits per heavy atom. The minimum atomic E-state index is -0.626. The lowest BCUT2D eigenvalue weighted by atomic mass is 9.98. The quantitative estimate of drug-likeness (QED) is 0.216. The first-order valence-electron chi connectivity index (χ1n) is 12.4. The molecule has 1 atom stereocenters. The second kappa shape index (κ2) is 10.3. The maximum atomic E-state index is 13.8. The topological polar surface area (TPSA) is 59.8 Å². The van der Waals surface area contributed by atoms with E-state index < -0.39 is 6.04 Å². The lowest BCUT2D eigenvalue weighted by Gasteiger charge is -2.25. The van der Waals surface area contributed by atoms with Gasteiger partial charge in [0.25, 0.3) is 5.91 Å². The largest absolute Gasteiger partial charge is 0.494 e. The number of fused-ring (bicyclic) bond motifs is 2. The molecule has 0 radical (unpaired) electrons. The van der Waals surface area contributed by atoms with E-state index in [-0.39, 0.29) is 17.1 Å². The molecule has 6 heteroatoms. The van der Waals surface area contributed by atoms with Crippen molar-refractivity contribution in [2.45, 2.75) is 45.6 Å². The van der Waals surface area contributed by atoms with Crippen molar-refractivity contribution >= 4 is 38.5 Å². The van der Waals surface area contributed by atoms with Gasteiger partial charge in [0.15, 0.2) is 5.43 Å². The van der Waals surface area contributed by atoms with Crippen molar-refractivity contribution in [1.29, 1.82) is 0 Å². The summed E-state index contributed by atoms with van der Waals surface area (Å²) in [4.78, 5) is 29.3. The maximum absolute atomic E-state index is 13.8. The molecule has 1 unspecified atom stereocenters. The van der Waals surface area contributed by atoms with Gasteiger partial charge in [0.2, 0.25) is 5.76 Å². The Morgan fingerprint density at radius 1 is 0.972 bits per heavy atom. The molecule has 5 nitrogen and oxygen atoms in total. The predicted molar refractivity (Wildman–Crippen MR) is 146 cm³/mol. The molecule has 184 valence electrons. The first-order valence-corrected chi connectivity index (χ1v) is 13.2. The number of benzene rings is 3. The summed E-state index contributed by atoms with van der Waals surface area (Å²) in [6.07, 6.45) is 4.10. The first-order chi connectivity index (χ1) is 17.5. The van der Waals surface area contributed by atoms with Crippen LogP contribution in [0, 0.1) is 0 Å². The van der Waals surface area contributed by atoms with Crippen LogP contribution in [-0.4, -0.2) is 12.5 Å². The van der Waals surface area contributed by atoms with E-state index in [1.54, 1.807) is 23.1 Å². The van der Waals surface area contributed by atoms with E-state index in [9.17, 15) is 9.59 Å². The molecule has 5 rings (SSSR count). The summed E-state index contributed by atoms with van der Waals surface area (Å²) < 4.78 is 12.9. The van der Waals surface area contributed by atoms with Crippen LogP contribution >= 0.6 is 15.9 Å². The molecule has 0 fully saturated rings. The third-order valence-corrected chi connectivity index (χ3v) is 7.14. The Balaban J connectivity index is 1.66. The highest BCUT2D eigenvalue weighted by molar-refractivity contribution is 9.10. The summed E-state index contributed by atoms with van der Waals surface area (Å²) in [5.74, 6) is 0.489. The van der Waals surface area contributed by atoms with Gasteiger partial charge in [-0.05, 0) is 66.4 Å². The van der Waals surface area contributed by atoms with Gasteiger partial charge in [0.05, 0.1) is 23.6 Å². The summed E-state index contributed by atoms with van der Waals surface area (Å²) in [7, 11) is 0. The third-order valence-electron chi connectivity index (χ3n) is 6.65. The maximum Gasteiger partial charge on any atom is 0.295 e. The highest BCUT2D eigenvalue weighted by atomic mass is 79.9. The fourth-order valence-electron chi connectivity index (χ4n) is 4.74. The molecule has 0 aliphatic carbocycles. The number of hydrogen-bond acceptors (Lipinski definition) is 4. The standard InChI is InChI=1S/C30H28BrNO4/c1-3-5-6-16-35-23-9-7-8-20(17-23)27-26-28(33)24-18-21(31)12-15-25(24)36-29(26)30(34)32(27)22-13-10-19(4-2)11-14-22/h7-15,17-18,27H,3-6,16H2,1-2H3. The summed E-state index contributed by atoms with van der Waals surface area (Å²) in [6, 6.07) is 20.2. The van der Waals surface area contributed by atoms with Crippen molar-refractivity contribution in [2.24, 2.45) is 0 Å². The van der Waals surface area contributed by atoms with Crippen LogP contribution in [0.5, 0.6) is 5.75 Å². The van der Waals surface area contributed by atoms with E-state index in [4.69, 9.17) is 9.15 Å². The Hall–Kier alpha value is -3.38. The molecular weight excluding hydrogens is 518 g/mol. The number of nitrogens with zero attached hydrogens (tertiary/aromatic N) is 1. The SMILES string of the molecule is CCCCCOc1cccc(C2c3c(oc4ccc(Br)cc4c3=O)C(=O)N2c2ccc(CC)cc2)c1. The number of carbonyl (C=O) groups excluding carboxylic acids is 1. The van der Waals surface area contributed by atoms with Crippen LogP contribution in [0.1, 0.15) is 66.4 Å². The van der Waals surface area contributed by atoms with Crippen molar-refractivity contribution in [3.8, 4) is 5.75 Å². The van der Waals surface area contributed by atoms with Gasteiger partial charge in [-0.2, -0.15) is 0 Å². The predicted octanol–water partition coefficient (Wildman–Crippen LogP) is 7.44. The molecule has 36 heavy (non-hydrogen) atoms. The number of hydrogen-bond donors (Lipinski definition) is 0. The molecule has 2 heterocycles. The number of anilines is 1. The molecule has 0 saturated carbocycles. The van der Waals surface area contributed by atoms with Gasteiger partial charge in [-0.15, -0.1) is 0 Å². The zero-order chi connectivity index (χ0) is 25.2. The summed E-state index contributed by atoms with van der Waals surface area (Å²) >= 11 is 3.45. The molecule has 1 aliphatic heterocycles. The average Bonchev–Trinajstić information content (AvgIpc) is 3.19. The van der Waals surface area contributed by atoms with E-state index in [0.29, 0.717) is 28.8 Å². The van der Waals surface area contributed by atoms with Gasteiger partial charge in [-0.3, -0.25) is 14.5 Å². The number of aryl methyl sites for hydroxylation is 1. The van der Waals surface area contributed by atoms with Gasteiger partial charge in [-0.25, -0.2) is 0 Å². The number of rotatable bonds is 8. The lowest BCUT2D eigenvalue weighted by molar-refractivity contribution is 0.0971. The van der Waals surface area contributed by atoms with E-state index >= 15 is 0 Å². The minimum absolute atomic E-state index is 0.0913. The van der Waals surface area contributed by atoms with E-state index in [2.05, 4.69) is 29.8 Å². The van der Waals surface area contributed by atoms with Crippen LogP contribution in [0.2, 0.25) is 0 Å². The molecule has 1 aromatic heterocycles. The van der Waals surface area contributed by atoms with Gasteiger partial charge < -0.3 is 9.15 Å². The summed E-state index contributed by atoms with van der Waals surface area (Å²) in [5, 5.41) is 0.441. The van der Waals surface area contributed by atoms with Crippen molar-refractivity contribution in [3.63, 3.8) is 0 Å². The Labute approximate surface area is 218 Å². The Kier molecular flexibility index (Phi) is 6.97. The van der Waals surface area contributed by atoms with Crippen LogP contribution in [0.25, 0.3) is 11.0 Å². The van der Waals surface area contributed by atoms with Gasteiger partial charge in [0, 0.05) is 10.2 Å².